The van der Waals surface area contributed by atoms with Crippen LogP contribution in [0.4, 0.5) is 0 Å². The number of benzene rings is 1. The van der Waals surface area contributed by atoms with Crippen LogP contribution in [-0.2, 0) is 6.42 Å². The first-order valence-corrected chi connectivity index (χ1v) is 4.54. The van der Waals surface area contributed by atoms with Crippen molar-refractivity contribution in [3.63, 3.8) is 0 Å². The van der Waals surface area contributed by atoms with Crippen LogP contribution in [0.5, 0.6) is 5.75 Å². The molecule has 0 unspecified atom stereocenters. The molecule has 0 spiro atoms. The van der Waals surface area contributed by atoms with Gasteiger partial charge in [-0.05, 0) is 18.2 Å². The van der Waals surface area contributed by atoms with Gasteiger partial charge in [-0.1, -0.05) is 29.8 Å². The van der Waals surface area contributed by atoms with Crippen molar-refractivity contribution in [1.82, 2.24) is 0 Å². The minimum absolute atomic E-state index is 0.570. The van der Waals surface area contributed by atoms with Crippen molar-refractivity contribution in [3.8, 4) is 5.75 Å². The maximum atomic E-state index is 5.83. The molecule has 0 aliphatic heterocycles. The van der Waals surface area contributed by atoms with Crippen LogP contribution in [0.15, 0.2) is 29.8 Å². The molecular formula is C10H10Cl2O. The van der Waals surface area contributed by atoms with Crippen LogP contribution < -0.4 is 4.74 Å². The van der Waals surface area contributed by atoms with E-state index in [1.54, 1.807) is 13.2 Å². The third kappa shape index (κ3) is 2.94. The molecule has 0 aliphatic rings. The zero-order valence-electron chi connectivity index (χ0n) is 7.31. The van der Waals surface area contributed by atoms with Gasteiger partial charge < -0.3 is 4.74 Å². The smallest absolute Gasteiger partial charge is 0.122 e. The number of methoxy groups -OCH3 is 1. The number of halogens is 2. The lowest BCUT2D eigenvalue weighted by Crippen LogP contribution is -1.91. The van der Waals surface area contributed by atoms with Crippen molar-refractivity contribution in [2.45, 2.75) is 6.42 Å². The molecule has 0 aliphatic carbocycles. The minimum atomic E-state index is 0.570. The Labute approximate surface area is 87.9 Å². The molecule has 0 atom stereocenters. The zero-order chi connectivity index (χ0) is 9.84. The maximum absolute atomic E-state index is 5.83. The average molecular weight is 217 g/mol. The van der Waals surface area contributed by atoms with Crippen LogP contribution in [0.3, 0.4) is 0 Å². The van der Waals surface area contributed by atoms with Gasteiger partial charge in [0.15, 0.2) is 0 Å². The van der Waals surface area contributed by atoms with E-state index in [4.69, 9.17) is 27.9 Å². The van der Waals surface area contributed by atoms with Crippen molar-refractivity contribution in [3.05, 3.63) is 40.4 Å². The summed E-state index contributed by atoms with van der Waals surface area (Å²) in [5.41, 5.74) is 0.954. The Hall–Kier alpha value is -0.660. The average Bonchev–Trinajstić information content (AvgIpc) is 2.03. The number of hydrogen-bond acceptors (Lipinski definition) is 1. The first-order valence-electron chi connectivity index (χ1n) is 3.79. The van der Waals surface area contributed by atoms with E-state index in [1.807, 2.05) is 12.1 Å². The molecule has 1 nitrogen and oxygen atoms in total. The van der Waals surface area contributed by atoms with Gasteiger partial charge in [0, 0.05) is 22.0 Å². The van der Waals surface area contributed by atoms with E-state index in [0.29, 0.717) is 16.5 Å². The molecule has 0 bridgehead atoms. The van der Waals surface area contributed by atoms with Gasteiger partial charge in [-0.25, -0.2) is 0 Å². The molecule has 0 radical (unpaired) electrons. The fourth-order valence-corrected chi connectivity index (χ4v) is 1.43. The molecule has 1 aromatic rings. The number of allylic oxidation sites excluding steroid dienone is 1. The quantitative estimate of drug-likeness (QED) is 0.750. The lowest BCUT2D eigenvalue weighted by atomic mass is 10.1. The molecule has 0 fully saturated rings. The van der Waals surface area contributed by atoms with Gasteiger partial charge in [-0.2, -0.15) is 0 Å². The van der Waals surface area contributed by atoms with Crippen LogP contribution in [0, 0.1) is 0 Å². The number of hydrogen-bond donors (Lipinski definition) is 0. The molecule has 0 aromatic heterocycles. The first kappa shape index (κ1) is 10.4. The fraction of sp³-hybridized carbons (Fsp3) is 0.200. The molecule has 0 saturated heterocycles. The maximum Gasteiger partial charge on any atom is 0.122 e. The van der Waals surface area contributed by atoms with E-state index in [0.717, 1.165) is 11.3 Å². The second kappa shape index (κ2) is 4.54. The van der Waals surface area contributed by atoms with Gasteiger partial charge in [0.05, 0.1) is 7.11 Å². The van der Waals surface area contributed by atoms with E-state index in [9.17, 15) is 0 Å². The van der Waals surface area contributed by atoms with E-state index >= 15 is 0 Å². The normalized spacial score (nSPS) is 9.77. The molecule has 0 N–H and O–H groups in total. The molecule has 13 heavy (non-hydrogen) atoms. The first-order chi connectivity index (χ1) is 6.13. The highest BCUT2D eigenvalue weighted by Gasteiger charge is 2.04. The summed E-state index contributed by atoms with van der Waals surface area (Å²) in [6, 6.07) is 5.42. The summed E-state index contributed by atoms with van der Waals surface area (Å²) in [6.45, 7) is 3.62. The standard InChI is InChI=1S/C10H10Cl2O/c1-7(11)5-8-6-9(12)3-4-10(8)13-2/h3-4,6H,1,5H2,2H3. The van der Waals surface area contributed by atoms with Crippen molar-refractivity contribution >= 4 is 23.2 Å². The molecule has 1 rings (SSSR count). The summed E-state index contributed by atoms with van der Waals surface area (Å²) in [5, 5.41) is 1.24. The van der Waals surface area contributed by atoms with Gasteiger partial charge in [-0.15, -0.1) is 0 Å². The summed E-state index contributed by atoms with van der Waals surface area (Å²) in [6.07, 6.45) is 0.575. The molecule has 0 amide bonds. The Balaban J connectivity index is 3.01. The van der Waals surface area contributed by atoms with Gasteiger partial charge in [0.2, 0.25) is 0 Å². The van der Waals surface area contributed by atoms with Crippen LogP contribution in [0.2, 0.25) is 5.02 Å². The third-order valence-corrected chi connectivity index (χ3v) is 1.99. The van der Waals surface area contributed by atoms with Crippen LogP contribution in [-0.4, -0.2) is 7.11 Å². The van der Waals surface area contributed by atoms with Gasteiger partial charge in [-0.3, -0.25) is 0 Å². The Morgan fingerprint density at radius 1 is 1.54 bits per heavy atom. The predicted octanol–water partition coefficient (Wildman–Crippen LogP) is 3.64. The fourth-order valence-electron chi connectivity index (χ4n) is 1.09. The molecule has 0 heterocycles. The van der Waals surface area contributed by atoms with Gasteiger partial charge in [0.25, 0.3) is 0 Å². The van der Waals surface area contributed by atoms with Crippen molar-refractivity contribution in [1.29, 1.82) is 0 Å². The summed E-state index contributed by atoms with van der Waals surface area (Å²) in [4.78, 5) is 0. The zero-order valence-corrected chi connectivity index (χ0v) is 8.82. The summed E-state index contributed by atoms with van der Waals surface area (Å²) in [7, 11) is 1.61. The van der Waals surface area contributed by atoms with Crippen molar-refractivity contribution in [2.24, 2.45) is 0 Å². The van der Waals surface area contributed by atoms with Crippen LogP contribution in [0.25, 0.3) is 0 Å². The van der Waals surface area contributed by atoms with Crippen molar-refractivity contribution in [2.75, 3.05) is 7.11 Å². The summed E-state index contributed by atoms with van der Waals surface area (Å²) >= 11 is 11.5. The number of rotatable bonds is 3. The lowest BCUT2D eigenvalue weighted by molar-refractivity contribution is 0.410. The van der Waals surface area contributed by atoms with E-state index in [2.05, 4.69) is 6.58 Å². The largest absolute Gasteiger partial charge is 0.496 e. The van der Waals surface area contributed by atoms with Crippen molar-refractivity contribution < 1.29 is 4.74 Å². The van der Waals surface area contributed by atoms with Gasteiger partial charge >= 0.3 is 0 Å². The number of ether oxygens (including phenoxy) is 1. The minimum Gasteiger partial charge on any atom is -0.496 e. The van der Waals surface area contributed by atoms with E-state index in [1.165, 1.54) is 0 Å². The highest BCUT2D eigenvalue weighted by Crippen LogP contribution is 2.25. The highest BCUT2D eigenvalue weighted by atomic mass is 35.5. The summed E-state index contributed by atoms with van der Waals surface area (Å²) < 4.78 is 5.14. The molecule has 70 valence electrons. The van der Waals surface area contributed by atoms with Crippen LogP contribution >= 0.6 is 23.2 Å². The Morgan fingerprint density at radius 3 is 2.77 bits per heavy atom. The lowest BCUT2D eigenvalue weighted by Gasteiger charge is -2.07. The topological polar surface area (TPSA) is 9.23 Å². The van der Waals surface area contributed by atoms with E-state index in [-0.39, 0.29) is 0 Å². The molecular weight excluding hydrogens is 207 g/mol. The second-order valence-corrected chi connectivity index (χ2v) is 3.62. The molecule has 3 heteroatoms. The Bertz CT molecular complexity index is 321. The van der Waals surface area contributed by atoms with Gasteiger partial charge in [0.1, 0.15) is 5.75 Å². The molecule has 0 saturated carbocycles. The Kier molecular flexibility index (Phi) is 3.64. The second-order valence-electron chi connectivity index (χ2n) is 2.65. The monoisotopic (exact) mass is 216 g/mol. The Morgan fingerprint density at radius 2 is 2.23 bits per heavy atom. The van der Waals surface area contributed by atoms with E-state index < -0.39 is 0 Å². The summed E-state index contributed by atoms with van der Waals surface area (Å²) in [5.74, 6) is 0.784. The third-order valence-electron chi connectivity index (χ3n) is 1.62. The van der Waals surface area contributed by atoms with Crippen LogP contribution in [0.1, 0.15) is 5.56 Å². The highest BCUT2D eigenvalue weighted by molar-refractivity contribution is 6.31. The molecule has 1 aromatic carbocycles. The predicted molar refractivity (Wildman–Crippen MR) is 56.7 cm³/mol. The SMILES string of the molecule is C=C(Cl)Cc1cc(Cl)ccc1OC.